The molecule has 2 N–H and O–H groups in total. The third-order valence-corrected chi connectivity index (χ3v) is 5.12. The summed E-state index contributed by atoms with van der Waals surface area (Å²) in [5, 5.41) is 0. The van der Waals surface area contributed by atoms with Crippen LogP contribution in [0.2, 0.25) is 0 Å². The van der Waals surface area contributed by atoms with Gasteiger partial charge in [-0.25, -0.2) is 0 Å². The lowest BCUT2D eigenvalue weighted by Crippen LogP contribution is -2.29. The van der Waals surface area contributed by atoms with E-state index in [4.69, 9.17) is 5.73 Å². The van der Waals surface area contributed by atoms with E-state index in [1.165, 1.54) is 44.1 Å². The Morgan fingerprint density at radius 3 is 2.71 bits per heavy atom. The van der Waals surface area contributed by atoms with E-state index in [1.807, 2.05) is 0 Å². The van der Waals surface area contributed by atoms with Crippen molar-refractivity contribution in [1.82, 2.24) is 0 Å². The fraction of sp³-hybridized carbons (Fsp3) is 0.700. The average Bonchev–Trinajstić information content (AvgIpc) is 2.47. The molecular formula is C20H33N. The summed E-state index contributed by atoms with van der Waals surface area (Å²) in [4.78, 5) is 0. The molecule has 3 unspecified atom stereocenters. The molecule has 0 spiro atoms. The highest BCUT2D eigenvalue weighted by Crippen LogP contribution is 2.42. The number of rotatable bonds is 6. The third-order valence-electron chi connectivity index (χ3n) is 5.12. The topological polar surface area (TPSA) is 26.0 Å². The van der Waals surface area contributed by atoms with Gasteiger partial charge in [-0.15, -0.1) is 0 Å². The normalized spacial score (nSPS) is 26.2. The molecule has 1 fully saturated rings. The maximum Gasteiger partial charge on any atom is -0.00430 e. The molecule has 2 rings (SSSR count). The molecule has 0 radical (unpaired) electrons. The van der Waals surface area contributed by atoms with Gasteiger partial charge in [0.15, 0.2) is 0 Å². The third kappa shape index (κ3) is 4.57. The van der Waals surface area contributed by atoms with Gasteiger partial charge in [0, 0.05) is 0 Å². The van der Waals surface area contributed by atoms with Crippen molar-refractivity contribution in [1.29, 1.82) is 0 Å². The first kappa shape index (κ1) is 16.5. The minimum Gasteiger partial charge on any atom is -0.330 e. The summed E-state index contributed by atoms with van der Waals surface area (Å²) < 4.78 is 0. The summed E-state index contributed by atoms with van der Waals surface area (Å²) in [5.41, 5.74) is 9.11. The lowest BCUT2D eigenvalue weighted by Gasteiger charge is -2.36. The van der Waals surface area contributed by atoms with Crippen LogP contribution in [0.3, 0.4) is 0 Å². The van der Waals surface area contributed by atoms with Gasteiger partial charge in [-0.05, 0) is 60.6 Å². The predicted molar refractivity (Wildman–Crippen MR) is 92.5 cm³/mol. The van der Waals surface area contributed by atoms with E-state index in [0.717, 1.165) is 18.4 Å². The Bertz CT molecular complexity index is 424. The molecule has 0 amide bonds. The van der Waals surface area contributed by atoms with E-state index in [9.17, 15) is 0 Å². The van der Waals surface area contributed by atoms with Gasteiger partial charge in [-0.2, -0.15) is 0 Å². The quantitative estimate of drug-likeness (QED) is 0.770. The van der Waals surface area contributed by atoms with Gasteiger partial charge in [-0.3, -0.25) is 0 Å². The molecule has 3 atom stereocenters. The Labute approximate surface area is 131 Å². The zero-order valence-corrected chi connectivity index (χ0v) is 14.1. The van der Waals surface area contributed by atoms with E-state index in [1.54, 1.807) is 5.56 Å². The highest BCUT2D eigenvalue weighted by Gasteiger charge is 2.30. The summed E-state index contributed by atoms with van der Waals surface area (Å²) >= 11 is 0. The predicted octanol–water partition coefficient (Wildman–Crippen LogP) is 5.14. The van der Waals surface area contributed by atoms with Gasteiger partial charge >= 0.3 is 0 Å². The SMILES string of the molecule is CCCC1CCC(CN)C(c2cccc(CC(C)C)c2)C1. The van der Waals surface area contributed by atoms with Crippen LogP contribution in [-0.4, -0.2) is 6.54 Å². The van der Waals surface area contributed by atoms with Crippen LogP contribution in [0.1, 0.15) is 69.9 Å². The summed E-state index contributed by atoms with van der Waals surface area (Å²) in [7, 11) is 0. The van der Waals surface area contributed by atoms with Gasteiger partial charge in [0.25, 0.3) is 0 Å². The van der Waals surface area contributed by atoms with Crippen molar-refractivity contribution >= 4 is 0 Å². The van der Waals surface area contributed by atoms with Gasteiger partial charge in [-0.1, -0.05) is 64.3 Å². The second-order valence-corrected chi connectivity index (χ2v) is 7.41. The van der Waals surface area contributed by atoms with Gasteiger partial charge in [0.05, 0.1) is 0 Å². The molecule has 118 valence electrons. The number of nitrogens with two attached hydrogens (primary N) is 1. The largest absolute Gasteiger partial charge is 0.330 e. The fourth-order valence-corrected chi connectivity index (χ4v) is 4.10. The van der Waals surface area contributed by atoms with Crippen LogP contribution in [0.15, 0.2) is 24.3 Å². The van der Waals surface area contributed by atoms with Crippen molar-refractivity contribution in [3.8, 4) is 0 Å². The van der Waals surface area contributed by atoms with Gasteiger partial charge in [0.2, 0.25) is 0 Å². The van der Waals surface area contributed by atoms with Gasteiger partial charge in [0.1, 0.15) is 0 Å². The summed E-state index contributed by atoms with van der Waals surface area (Å²) in [6.07, 6.45) is 7.95. The van der Waals surface area contributed by atoms with E-state index < -0.39 is 0 Å². The lowest BCUT2D eigenvalue weighted by molar-refractivity contribution is 0.230. The Morgan fingerprint density at radius 1 is 1.24 bits per heavy atom. The fourth-order valence-electron chi connectivity index (χ4n) is 4.10. The molecule has 0 saturated heterocycles. The van der Waals surface area contributed by atoms with Crippen LogP contribution in [0, 0.1) is 17.8 Å². The molecule has 1 saturated carbocycles. The number of hydrogen-bond acceptors (Lipinski definition) is 1. The molecule has 1 aromatic rings. The molecule has 0 aliphatic heterocycles. The first-order chi connectivity index (χ1) is 10.1. The maximum atomic E-state index is 6.07. The summed E-state index contributed by atoms with van der Waals surface area (Å²) in [5.74, 6) is 3.01. The van der Waals surface area contributed by atoms with Crippen molar-refractivity contribution in [2.24, 2.45) is 23.5 Å². The van der Waals surface area contributed by atoms with Crippen molar-refractivity contribution in [3.05, 3.63) is 35.4 Å². The smallest absolute Gasteiger partial charge is 0.00430 e. The molecule has 0 aromatic heterocycles. The molecule has 1 nitrogen and oxygen atoms in total. The lowest BCUT2D eigenvalue weighted by atomic mass is 9.70. The molecular weight excluding hydrogens is 254 g/mol. The zero-order valence-electron chi connectivity index (χ0n) is 14.1. The van der Waals surface area contributed by atoms with E-state index in [-0.39, 0.29) is 0 Å². The molecule has 1 aliphatic carbocycles. The summed E-state index contributed by atoms with van der Waals surface area (Å²) in [6.45, 7) is 7.76. The highest BCUT2D eigenvalue weighted by atomic mass is 14.6. The molecule has 21 heavy (non-hydrogen) atoms. The monoisotopic (exact) mass is 287 g/mol. The zero-order chi connectivity index (χ0) is 15.2. The Morgan fingerprint density at radius 2 is 2.05 bits per heavy atom. The standard InChI is InChI=1S/C20H33N/c1-4-6-16-9-10-19(14-21)20(13-16)18-8-5-7-17(12-18)11-15(2)3/h5,7-8,12,15-16,19-20H,4,6,9-11,13-14,21H2,1-3H3. The van der Waals surface area contributed by atoms with Crippen molar-refractivity contribution < 1.29 is 0 Å². The Balaban J connectivity index is 2.15. The highest BCUT2D eigenvalue weighted by molar-refractivity contribution is 5.28. The van der Waals surface area contributed by atoms with Crippen molar-refractivity contribution in [3.63, 3.8) is 0 Å². The molecule has 1 heteroatoms. The minimum atomic E-state index is 0.687. The van der Waals surface area contributed by atoms with E-state index in [0.29, 0.717) is 11.8 Å². The maximum absolute atomic E-state index is 6.07. The minimum absolute atomic E-state index is 0.687. The van der Waals surface area contributed by atoms with Gasteiger partial charge < -0.3 is 5.73 Å². The Hall–Kier alpha value is -0.820. The Kier molecular flexibility index (Phi) is 6.29. The van der Waals surface area contributed by atoms with Crippen LogP contribution in [0.25, 0.3) is 0 Å². The van der Waals surface area contributed by atoms with E-state index >= 15 is 0 Å². The van der Waals surface area contributed by atoms with Crippen LogP contribution in [0.5, 0.6) is 0 Å². The second kappa shape index (κ2) is 7.98. The second-order valence-electron chi connectivity index (χ2n) is 7.41. The molecule has 1 aliphatic rings. The average molecular weight is 287 g/mol. The first-order valence-corrected chi connectivity index (χ1v) is 8.92. The van der Waals surface area contributed by atoms with Crippen LogP contribution < -0.4 is 5.73 Å². The first-order valence-electron chi connectivity index (χ1n) is 8.92. The molecule has 0 heterocycles. The number of hydrogen-bond donors (Lipinski definition) is 1. The van der Waals surface area contributed by atoms with Crippen molar-refractivity contribution in [2.45, 2.75) is 65.2 Å². The van der Waals surface area contributed by atoms with Crippen molar-refractivity contribution in [2.75, 3.05) is 6.54 Å². The molecule has 1 aromatic carbocycles. The summed E-state index contributed by atoms with van der Waals surface area (Å²) in [6, 6.07) is 9.34. The van der Waals surface area contributed by atoms with E-state index in [2.05, 4.69) is 45.0 Å². The van der Waals surface area contributed by atoms with Crippen LogP contribution in [-0.2, 0) is 6.42 Å². The van der Waals surface area contributed by atoms with Crippen LogP contribution >= 0.6 is 0 Å². The molecule has 0 bridgehead atoms. The number of benzene rings is 1. The van der Waals surface area contributed by atoms with Crippen LogP contribution in [0.4, 0.5) is 0 Å².